The van der Waals surface area contributed by atoms with Gasteiger partial charge in [-0.1, -0.05) is 30.7 Å². The van der Waals surface area contributed by atoms with Crippen LogP contribution < -0.4 is 14.9 Å². The average Bonchev–Trinajstić information content (AvgIpc) is 2.60. The van der Waals surface area contributed by atoms with Crippen molar-refractivity contribution in [3.05, 3.63) is 57.0 Å². The largest absolute Gasteiger partial charge is 0.493 e. The monoisotopic (exact) mass is 424 g/mol. The fraction of sp³-hybridized carbons (Fsp3) is 0.222. The minimum atomic E-state index is -0.315. The maximum atomic E-state index is 12.1. The summed E-state index contributed by atoms with van der Waals surface area (Å²) in [6, 6.07) is 10.5. The van der Waals surface area contributed by atoms with Crippen LogP contribution in [0.4, 0.5) is 0 Å². The molecule has 0 radical (unpaired) electrons. The van der Waals surface area contributed by atoms with E-state index in [1.807, 2.05) is 13.0 Å². The first kappa shape index (κ1) is 19.3. The van der Waals surface area contributed by atoms with Gasteiger partial charge in [0.2, 0.25) is 0 Å². The second kappa shape index (κ2) is 9.44. The zero-order valence-electron chi connectivity index (χ0n) is 13.9. The second-order valence-corrected chi connectivity index (χ2v) is 6.32. The Morgan fingerprint density at radius 2 is 2.12 bits per heavy atom. The van der Waals surface area contributed by atoms with E-state index in [1.54, 1.807) is 37.4 Å². The zero-order chi connectivity index (χ0) is 18.2. The van der Waals surface area contributed by atoms with Crippen molar-refractivity contribution in [2.75, 3.05) is 13.7 Å². The maximum absolute atomic E-state index is 12.1. The van der Waals surface area contributed by atoms with Crippen molar-refractivity contribution in [1.29, 1.82) is 0 Å². The molecule has 1 amide bonds. The Morgan fingerprint density at radius 1 is 1.36 bits per heavy atom. The molecule has 0 bridgehead atoms. The lowest BCUT2D eigenvalue weighted by Gasteiger charge is -2.12. The van der Waals surface area contributed by atoms with E-state index in [4.69, 9.17) is 21.1 Å². The smallest absolute Gasteiger partial charge is 0.272 e. The summed E-state index contributed by atoms with van der Waals surface area (Å²) in [5, 5.41) is 4.39. The number of methoxy groups -OCH3 is 1. The van der Waals surface area contributed by atoms with Gasteiger partial charge in [-0.25, -0.2) is 5.43 Å². The summed E-state index contributed by atoms with van der Waals surface area (Å²) in [4.78, 5) is 12.1. The van der Waals surface area contributed by atoms with Gasteiger partial charge in [-0.05, 0) is 52.2 Å². The molecule has 0 aliphatic heterocycles. The van der Waals surface area contributed by atoms with Gasteiger partial charge in [0.15, 0.2) is 11.5 Å². The first-order valence-corrected chi connectivity index (χ1v) is 8.82. The lowest BCUT2D eigenvalue weighted by molar-refractivity contribution is 0.0954. The van der Waals surface area contributed by atoms with Crippen LogP contribution in [-0.2, 0) is 0 Å². The van der Waals surface area contributed by atoms with Crippen LogP contribution in [0.1, 0.15) is 29.3 Å². The van der Waals surface area contributed by atoms with Crippen LogP contribution in [0.3, 0.4) is 0 Å². The van der Waals surface area contributed by atoms with E-state index in [9.17, 15) is 4.79 Å². The molecule has 0 fully saturated rings. The Kier molecular flexibility index (Phi) is 7.28. The SMILES string of the molecule is CCCOc1c(Cl)cc(/C=N/NC(=O)c2ccccc2Br)cc1OC. The highest BCUT2D eigenvalue weighted by Crippen LogP contribution is 2.36. The normalized spacial score (nSPS) is 10.7. The minimum Gasteiger partial charge on any atom is -0.493 e. The lowest BCUT2D eigenvalue weighted by Crippen LogP contribution is -2.18. The molecule has 2 aromatic carbocycles. The van der Waals surface area contributed by atoms with Crippen molar-refractivity contribution < 1.29 is 14.3 Å². The Balaban J connectivity index is 2.12. The fourth-order valence-corrected chi connectivity index (χ4v) is 2.77. The third-order valence-electron chi connectivity index (χ3n) is 3.20. The first-order valence-electron chi connectivity index (χ1n) is 7.65. The molecule has 132 valence electrons. The molecule has 0 spiro atoms. The highest BCUT2D eigenvalue weighted by atomic mass is 79.9. The number of hydrazone groups is 1. The number of nitrogens with zero attached hydrogens (tertiary/aromatic N) is 1. The molecule has 0 saturated carbocycles. The van der Waals surface area contributed by atoms with E-state index in [2.05, 4.69) is 26.5 Å². The number of benzene rings is 2. The zero-order valence-corrected chi connectivity index (χ0v) is 16.2. The Bertz CT molecular complexity index is 781. The lowest BCUT2D eigenvalue weighted by atomic mass is 10.2. The third-order valence-corrected chi connectivity index (χ3v) is 4.17. The van der Waals surface area contributed by atoms with Crippen LogP contribution in [0.15, 0.2) is 46.0 Å². The Hall–Kier alpha value is -2.05. The summed E-state index contributed by atoms with van der Waals surface area (Å²) in [5.74, 6) is 0.699. The summed E-state index contributed by atoms with van der Waals surface area (Å²) in [6.07, 6.45) is 2.36. The van der Waals surface area contributed by atoms with E-state index in [0.29, 0.717) is 38.7 Å². The Morgan fingerprint density at radius 3 is 2.80 bits per heavy atom. The van der Waals surface area contributed by atoms with Gasteiger partial charge in [0.05, 0.1) is 30.5 Å². The summed E-state index contributed by atoms with van der Waals surface area (Å²) in [5.41, 5.74) is 3.66. The number of carbonyl (C=O) groups is 1. The summed E-state index contributed by atoms with van der Waals surface area (Å²) in [7, 11) is 1.54. The van der Waals surface area contributed by atoms with Crippen molar-refractivity contribution in [3.63, 3.8) is 0 Å². The molecule has 0 aliphatic carbocycles. The predicted molar refractivity (Wildman–Crippen MR) is 103 cm³/mol. The molecule has 0 heterocycles. The van der Waals surface area contributed by atoms with Crippen molar-refractivity contribution >= 4 is 39.7 Å². The molecule has 0 unspecified atom stereocenters. The van der Waals surface area contributed by atoms with Gasteiger partial charge in [-0.15, -0.1) is 0 Å². The van der Waals surface area contributed by atoms with Crippen LogP contribution in [0.2, 0.25) is 5.02 Å². The van der Waals surface area contributed by atoms with Crippen molar-refractivity contribution in [1.82, 2.24) is 5.43 Å². The quantitative estimate of drug-likeness (QED) is 0.518. The van der Waals surface area contributed by atoms with Crippen LogP contribution >= 0.6 is 27.5 Å². The molecular weight excluding hydrogens is 408 g/mol. The van der Waals surface area contributed by atoms with E-state index < -0.39 is 0 Å². The highest BCUT2D eigenvalue weighted by Gasteiger charge is 2.11. The molecular formula is C18H18BrClN2O3. The highest BCUT2D eigenvalue weighted by molar-refractivity contribution is 9.10. The van der Waals surface area contributed by atoms with Gasteiger partial charge in [0.1, 0.15) is 0 Å². The number of nitrogens with one attached hydrogen (secondary N) is 1. The van der Waals surface area contributed by atoms with E-state index in [-0.39, 0.29) is 5.91 Å². The first-order chi connectivity index (χ1) is 12.1. The molecule has 0 aliphatic rings. The number of halogens is 2. The van der Waals surface area contributed by atoms with E-state index in [0.717, 1.165) is 6.42 Å². The van der Waals surface area contributed by atoms with Crippen molar-refractivity contribution in [2.45, 2.75) is 13.3 Å². The molecule has 0 saturated heterocycles. The van der Waals surface area contributed by atoms with Crippen LogP contribution in [0, 0.1) is 0 Å². The van der Waals surface area contributed by atoms with E-state index in [1.165, 1.54) is 6.21 Å². The molecule has 2 aromatic rings. The van der Waals surface area contributed by atoms with Crippen LogP contribution in [0.25, 0.3) is 0 Å². The van der Waals surface area contributed by atoms with Gasteiger partial charge < -0.3 is 9.47 Å². The second-order valence-electron chi connectivity index (χ2n) is 5.06. The number of hydrogen-bond donors (Lipinski definition) is 1. The molecule has 1 N–H and O–H groups in total. The predicted octanol–water partition coefficient (Wildman–Crippen LogP) is 4.66. The van der Waals surface area contributed by atoms with Gasteiger partial charge in [0.25, 0.3) is 5.91 Å². The average molecular weight is 426 g/mol. The number of hydrogen-bond acceptors (Lipinski definition) is 4. The number of carbonyl (C=O) groups excluding carboxylic acids is 1. The molecule has 5 nitrogen and oxygen atoms in total. The fourth-order valence-electron chi connectivity index (χ4n) is 2.03. The molecule has 0 atom stereocenters. The third kappa shape index (κ3) is 5.21. The number of ether oxygens (including phenoxy) is 2. The molecule has 0 aromatic heterocycles. The minimum absolute atomic E-state index is 0.315. The summed E-state index contributed by atoms with van der Waals surface area (Å²) >= 11 is 9.58. The molecule has 2 rings (SSSR count). The Labute approximate surface area is 160 Å². The topological polar surface area (TPSA) is 59.9 Å². The number of amides is 1. The van der Waals surface area contributed by atoms with E-state index >= 15 is 0 Å². The van der Waals surface area contributed by atoms with Gasteiger partial charge in [-0.3, -0.25) is 4.79 Å². The maximum Gasteiger partial charge on any atom is 0.272 e. The standard InChI is InChI=1S/C18H18BrClN2O3/c1-3-8-25-17-15(20)9-12(10-16(17)24-2)11-21-22-18(23)13-6-4-5-7-14(13)19/h4-7,9-11H,3,8H2,1-2H3,(H,22,23)/b21-11+. The van der Waals surface area contributed by atoms with Gasteiger partial charge in [0, 0.05) is 4.47 Å². The van der Waals surface area contributed by atoms with Gasteiger partial charge >= 0.3 is 0 Å². The van der Waals surface area contributed by atoms with Crippen LogP contribution in [-0.4, -0.2) is 25.8 Å². The van der Waals surface area contributed by atoms with Crippen LogP contribution in [0.5, 0.6) is 11.5 Å². The number of rotatable bonds is 7. The van der Waals surface area contributed by atoms with Crippen molar-refractivity contribution in [2.24, 2.45) is 5.10 Å². The van der Waals surface area contributed by atoms with Crippen molar-refractivity contribution in [3.8, 4) is 11.5 Å². The summed E-state index contributed by atoms with van der Waals surface area (Å²) < 4.78 is 11.6. The molecule has 7 heteroatoms. The van der Waals surface area contributed by atoms with Gasteiger partial charge in [-0.2, -0.15) is 5.10 Å². The molecule has 25 heavy (non-hydrogen) atoms. The summed E-state index contributed by atoms with van der Waals surface area (Å²) in [6.45, 7) is 2.56.